The minimum atomic E-state index is -5.08. The summed E-state index contributed by atoms with van der Waals surface area (Å²) in [6.07, 6.45) is -3.26. The third-order valence-corrected chi connectivity index (χ3v) is 8.16. The van der Waals surface area contributed by atoms with E-state index in [2.05, 4.69) is 36.1 Å². The third kappa shape index (κ3) is 7.22. The highest BCUT2D eigenvalue weighted by Crippen LogP contribution is 2.38. The first-order chi connectivity index (χ1) is 17.4. The van der Waals surface area contributed by atoms with E-state index in [1.54, 1.807) is 25.3 Å². The molecular formula is C25H31F3N2O6S. The van der Waals surface area contributed by atoms with E-state index in [0.717, 1.165) is 25.9 Å². The summed E-state index contributed by atoms with van der Waals surface area (Å²) in [7, 11) is -2.04. The van der Waals surface area contributed by atoms with E-state index >= 15 is 0 Å². The number of likely N-dealkylation sites (tertiary alicyclic amines) is 1. The Morgan fingerprint density at radius 1 is 1.11 bits per heavy atom. The smallest absolute Gasteiger partial charge is 0.483 e. The average Bonchev–Trinajstić information content (AvgIpc) is 3.20. The summed E-state index contributed by atoms with van der Waals surface area (Å²) in [6.45, 7) is 5.55. The number of halogens is 3. The highest BCUT2D eigenvalue weighted by atomic mass is 32.2. The van der Waals surface area contributed by atoms with Crippen LogP contribution in [0.15, 0.2) is 53.4 Å². The van der Waals surface area contributed by atoms with Crippen molar-refractivity contribution in [2.45, 2.75) is 43.0 Å². The van der Waals surface area contributed by atoms with Crippen molar-refractivity contribution in [3.63, 3.8) is 0 Å². The number of rotatable bonds is 6. The number of sulfonamides is 1. The van der Waals surface area contributed by atoms with Gasteiger partial charge < -0.3 is 14.6 Å². The standard InChI is InChI=1S/C23H30N2O4S.C2HF3O2/c1-3-19-8-10-20(11-9-19)16-24-13-12-23(17-24)18-25(14-15-28-2)30(26,27)22-7-5-4-6-21(22)29-23;3-2(4,5)1(6)7/h4-11H,3,12-18H2,1-2H3;(H,6,7). The van der Waals surface area contributed by atoms with E-state index < -0.39 is 27.8 Å². The quantitative estimate of drug-likeness (QED) is 0.594. The van der Waals surface area contributed by atoms with Gasteiger partial charge >= 0.3 is 12.1 Å². The number of para-hydroxylation sites is 1. The van der Waals surface area contributed by atoms with Gasteiger partial charge in [-0.2, -0.15) is 17.5 Å². The monoisotopic (exact) mass is 544 g/mol. The number of fused-ring (bicyclic) bond motifs is 1. The number of benzene rings is 2. The fourth-order valence-electron chi connectivity index (χ4n) is 4.36. The zero-order valence-corrected chi connectivity index (χ0v) is 21.5. The van der Waals surface area contributed by atoms with Crippen LogP contribution in [0, 0.1) is 0 Å². The number of carboxylic acids is 1. The molecule has 2 aliphatic heterocycles. The Hall–Kier alpha value is -2.67. The van der Waals surface area contributed by atoms with Gasteiger partial charge in [0, 0.05) is 39.7 Å². The lowest BCUT2D eigenvalue weighted by Gasteiger charge is -2.32. The van der Waals surface area contributed by atoms with Crippen molar-refractivity contribution in [3.05, 3.63) is 59.7 Å². The molecule has 12 heteroatoms. The second kappa shape index (κ2) is 11.8. The Balaban J connectivity index is 0.000000479. The van der Waals surface area contributed by atoms with Crippen molar-refractivity contribution in [3.8, 4) is 5.75 Å². The molecule has 0 saturated carbocycles. The number of aliphatic carboxylic acids is 1. The fourth-order valence-corrected chi connectivity index (χ4v) is 5.98. The first-order valence-corrected chi connectivity index (χ1v) is 13.2. The van der Waals surface area contributed by atoms with Gasteiger partial charge in [-0.3, -0.25) is 4.90 Å². The molecule has 1 unspecified atom stereocenters. The number of alkyl halides is 3. The highest BCUT2D eigenvalue weighted by molar-refractivity contribution is 7.89. The van der Waals surface area contributed by atoms with Gasteiger partial charge in [0.05, 0.1) is 13.2 Å². The van der Waals surface area contributed by atoms with Crippen LogP contribution in [0.3, 0.4) is 0 Å². The van der Waals surface area contributed by atoms with Gasteiger partial charge in [-0.1, -0.05) is 43.3 Å². The predicted molar refractivity (Wildman–Crippen MR) is 130 cm³/mol. The molecule has 0 bridgehead atoms. The maximum atomic E-state index is 13.3. The molecule has 1 spiro atoms. The number of hydrogen-bond donors (Lipinski definition) is 1. The Labute approximate surface area is 214 Å². The summed E-state index contributed by atoms with van der Waals surface area (Å²) in [5.41, 5.74) is 2.04. The van der Waals surface area contributed by atoms with Gasteiger partial charge in [-0.05, 0) is 29.7 Å². The molecule has 204 valence electrons. The number of carboxylic acid groups (broad SMARTS) is 1. The number of ether oxygens (including phenoxy) is 2. The van der Waals surface area contributed by atoms with Crippen molar-refractivity contribution >= 4 is 16.0 Å². The summed E-state index contributed by atoms with van der Waals surface area (Å²) in [5, 5.41) is 7.12. The van der Waals surface area contributed by atoms with Crippen molar-refractivity contribution in [2.24, 2.45) is 0 Å². The molecule has 1 fully saturated rings. The van der Waals surface area contributed by atoms with E-state index in [0.29, 0.717) is 32.0 Å². The van der Waals surface area contributed by atoms with Gasteiger partial charge in [-0.25, -0.2) is 13.2 Å². The molecular weight excluding hydrogens is 513 g/mol. The average molecular weight is 545 g/mol. The number of aryl methyl sites for hydroxylation is 1. The molecule has 0 aromatic heterocycles. The molecule has 2 aromatic rings. The van der Waals surface area contributed by atoms with Crippen molar-refractivity contribution < 1.29 is 41.0 Å². The number of nitrogens with zero attached hydrogens (tertiary/aromatic N) is 2. The molecule has 1 N–H and O–H groups in total. The Morgan fingerprint density at radius 2 is 1.73 bits per heavy atom. The molecule has 37 heavy (non-hydrogen) atoms. The first-order valence-electron chi connectivity index (χ1n) is 11.8. The topological polar surface area (TPSA) is 96.4 Å². The molecule has 2 aliphatic rings. The van der Waals surface area contributed by atoms with Crippen LogP contribution in [-0.4, -0.2) is 80.4 Å². The lowest BCUT2D eigenvalue weighted by atomic mass is 10.0. The highest BCUT2D eigenvalue weighted by Gasteiger charge is 2.47. The van der Waals surface area contributed by atoms with Gasteiger partial charge in [0.2, 0.25) is 10.0 Å². The van der Waals surface area contributed by atoms with Crippen LogP contribution in [0.5, 0.6) is 5.75 Å². The summed E-state index contributed by atoms with van der Waals surface area (Å²) in [4.78, 5) is 11.5. The molecule has 0 amide bonds. The summed E-state index contributed by atoms with van der Waals surface area (Å²) in [6, 6.07) is 15.7. The minimum Gasteiger partial charge on any atom is -0.483 e. The molecule has 0 radical (unpaired) electrons. The van der Waals surface area contributed by atoms with E-state index in [4.69, 9.17) is 19.4 Å². The summed E-state index contributed by atoms with van der Waals surface area (Å²) < 4.78 is 71.5. The molecule has 0 aliphatic carbocycles. The second-order valence-electron chi connectivity index (χ2n) is 9.00. The van der Waals surface area contributed by atoms with Crippen LogP contribution < -0.4 is 4.74 Å². The third-order valence-electron chi connectivity index (χ3n) is 6.28. The lowest BCUT2D eigenvalue weighted by Crippen LogP contribution is -2.49. The molecule has 8 nitrogen and oxygen atoms in total. The van der Waals surface area contributed by atoms with Crippen LogP contribution in [0.4, 0.5) is 13.2 Å². The Bertz CT molecular complexity index is 1170. The molecule has 2 aromatic carbocycles. The zero-order valence-electron chi connectivity index (χ0n) is 20.7. The Morgan fingerprint density at radius 3 is 2.32 bits per heavy atom. The van der Waals surface area contributed by atoms with Crippen LogP contribution in [-0.2, 0) is 32.5 Å². The second-order valence-corrected chi connectivity index (χ2v) is 10.9. The van der Waals surface area contributed by atoms with E-state index in [9.17, 15) is 21.6 Å². The lowest BCUT2D eigenvalue weighted by molar-refractivity contribution is -0.192. The van der Waals surface area contributed by atoms with Crippen LogP contribution in [0.1, 0.15) is 24.5 Å². The van der Waals surface area contributed by atoms with Crippen molar-refractivity contribution in [2.75, 3.05) is 39.9 Å². The molecule has 4 rings (SSSR count). The normalized spacial score (nSPS) is 21.4. The maximum Gasteiger partial charge on any atom is 0.490 e. The van der Waals surface area contributed by atoms with E-state index in [1.807, 2.05) is 6.07 Å². The van der Waals surface area contributed by atoms with Gasteiger partial charge in [0.1, 0.15) is 16.2 Å². The zero-order chi connectivity index (χ0) is 27.3. The molecule has 1 atom stereocenters. The summed E-state index contributed by atoms with van der Waals surface area (Å²) >= 11 is 0. The predicted octanol–water partition coefficient (Wildman–Crippen LogP) is 3.56. The number of carbonyl (C=O) groups is 1. The van der Waals surface area contributed by atoms with E-state index in [1.165, 1.54) is 15.4 Å². The van der Waals surface area contributed by atoms with Crippen LogP contribution in [0.25, 0.3) is 0 Å². The SMILES string of the molecule is CCc1ccc(CN2CCC3(C2)CN(CCOC)S(=O)(=O)c2ccccc2O3)cc1.O=C(O)C(F)(F)F. The maximum absolute atomic E-state index is 13.3. The molecule has 2 heterocycles. The van der Waals surface area contributed by atoms with Crippen LogP contribution in [0.2, 0.25) is 0 Å². The number of hydrogen-bond acceptors (Lipinski definition) is 6. The van der Waals surface area contributed by atoms with E-state index in [-0.39, 0.29) is 4.90 Å². The van der Waals surface area contributed by atoms with Gasteiger partial charge in [0.25, 0.3) is 0 Å². The van der Waals surface area contributed by atoms with Gasteiger partial charge in [0.15, 0.2) is 0 Å². The van der Waals surface area contributed by atoms with Gasteiger partial charge in [-0.15, -0.1) is 0 Å². The largest absolute Gasteiger partial charge is 0.490 e. The molecule has 1 saturated heterocycles. The fraction of sp³-hybridized carbons (Fsp3) is 0.480. The van der Waals surface area contributed by atoms with Crippen molar-refractivity contribution in [1.82, 2.24) is 9.21 Å². The summed E-state index contributed by atoms with van der Waals surface area (Å²) in [5.74, 6) is -2.31. The number of methoxy groups -OCH3 is 1. The first kappa shape index (κ1) is 28.9. The Kier molecular flexibility index (Phi) is 9.22. The van der Waals surface area contributed by atoms with Crippen molar-refractivity contribution in [1.29, 1.82) is 0 Å². The van der Waals surface area contributed by atoms with Crippen LogP contribution >= 0.6 is 0 Å². The minimum absolute atomic E-state index is 0.242.